The highest BCUT2D eigenvalue weighted by molar-refractivity contribution is 5.18. The van der Waals surface area contributed by atoms with Crippen LogP contribution in [0.2, 0.25) is 0 Å². The quantitative estimate of drug-likeness (QED) is 0.545. The van der Waals surface area contributed by atoms with E-state index in [0.29, 0.717) is 12.5 Å². The summed E-state index contributed by atoms with van der Waals surface area (Å²) in [4.78, 5) is 0. The molecule has 1 heteroatoms. The maximum absolute atomic E-state index is 5.24. The summed E-state index contributed by atoms with van der Waals surface area (Å²) in [5, 5.41) is 0. The lowest BCUT2D eigenvalue weighted by molar-refractivity contribution is 0.262. The molecule has 1 aliphatic carbocycles. The third-order valence-corrected chi connectivity index (χ3v) is 1.56. The second-order valence-corrected chi connectivity index (χ2v) is 2.68. The number of hydrogen-bond donors (Lipinski definition) is 0. The van der Waals surface area contributed by atoms with Crippen LogP contribution in [0.5, 0.6) is 0 Å². The molecule has 0 aliphatic heterocycles. The van der Waals surface area contributed by atoms with Crippen LogP contribution >= 0.6 is 0 Å². The third kappa shape index (κ3) is 2.51. The molecule has 0 radical (unpaired) electrons. The van der Waals surface area contributed by atoms with E-state index >= 15 is 0 Å². The van der Waals surface area contributed by atoms with Gasteiger partial charge in [0, 0.05) is 0 Å². The predicted molar refractivity (Wildman–Crippen MR) is 45.8 cm³/mol. The molecule has 0 saturated carbocycles. The monoisotopic (exact) mass is 148 g/mol. The standard InChI is InChI=1S/C10H12O/c1-3-7-11-10-6-4-5-9(2)8-10/h1,4,6,8-9H,5,7H2,2H3. The highest BCUT2D eigenvalue weighted by Gasteiger charge is 2.03. The first kappa shape index (κ1) is 7.94. The predicted octanol–water partition coefficient (Wildman–Crippen LogP) is 2.12. The molecule has 1 rings (SSSR count). The minimum absolute atomic E-state index is 0.364. The fraction of sp³-hybridized carbons (Fsp3) is 0.400. The Kier molecular flexibility index (Phi) is 2.80. The molecule has 58 valence electrons. The molecule has 1 nitrogen and oxygen atoms in total. The van der Waals surface area contributed by atoms with Crippen molar-refractivity contribution in [2.75, 3.05) is 6.61 Å². The van der Waals surface area contributed by atoms with Gasteiger partial charge in [-0.2, -0.15) is 0 Å². The SMILES string of the molecule is C#CCOC1=CC(C)CC=C1. The normalized spacial score (nSPS) is 22.2. The lowest BCUT2D eigenvalue weighted by Crippen LogP contribution is -1.98. The molecule has 1 aliphatic rings. The van der Waals surface area contributed by atoms with Crippen molar-refractivity contribution < 1.29 is 4.74 Å². The smallest absolute Gasteiger partial charge is 0.148 e. The molecule has 0 bridgehead atoms. The summed E-state index contributed by atoms with van der Waals surface area (Å²) in [5.41, 5.74) is 0. The summed E-state index contributed by atoms with van der Waals surface area (Å²) < 4.78 is 5.24. The molecule has 0 aromatic heterocycles. The first-order chi connectivity index (χ1) is 5.33. The van der Waals surface area contributed by atoms with E-state index in [-0.39, 0.29) is 0 Å². The Bertz CT molecular complexity index is 218. The molecule has 0 aromatic rings. The van der Waals surface area contributed by atoms with Gasteiger partial charge in [-0.25, -0.2) is 0 Å². The molecule has 0 fully saturated rings. The van der Waals surface area contributed by atoms with E-state index in [4.69, 9.17) is 11.2 Å². The second kappa shape index (κ2) is 3.88. The highest BCUT2D eigenvalue weighted by Crippen LogP contribution is 2.16. The Labute approximate surface area is 67.8 Å². The van der Waals surface area contributed by atoms with Gasteiger partial charge in [-0.3, -0.25) is 0 Å². The van der Waals surface area contributed by atoms with E-state index in [1.54, 1.807) is 0 Å². The molecular weight excluding hydrogens is 136 g/mol. The van der Waals surface area contributed by atoms with Crippen molar-refractivity contribution in [3.05, 3.63) is 24.0 Å². The Hall–Kier alpha value is -1.16. The van der Waals surface area contributed by atoms with E-state index in [1.807, 2.05) is 6.08 Å². The summed E-state index contributed by atoms with van der Waals surface area (Å²) in [6.45, 7) is 2.52. The number of hydrogen-bond acceptors (Lipinski definition) is 1. The molecule has 0 saturated heterocycles. The van der Waals surface area contributed by atoms with Gasteiger partial charge in [0.2, 0.25) is 0 Å². The number of rotatable bonds is 2. The van der Waals surface area contributed by atoms with Gasteiger partial charge in [-0.05, 0) is 24.5 Å². The van der Waals surface area contributed by atoms with Crippen molar-refractivity contribution in [1.82, 2.24) is 0 Å². The fourth-order valence-electron chi connectivity index (χ4n) is 1.02. The molecule has 0 spiro atoms. The summed E-state index contributed by atoms with van der Waals surface area (Å²) in [5.74, 6) is 3.91. The van der Waals surface area contributed by atoms with Gasteiger partial charge in [-0.1, -0.05) is 18.9 Å². The topological polar surface area (TPSA) is 9.23 Å². The van der Waals surface area contributed by atoms with Crippen molar-refractivity contribution in [2.45, 2.75) is 13.3 Å². The number of allylic oxidation sites excluding steroid dienone is 3. The summed E-state index contributed by atoms with van der Waals surface area (Å²) in [7, 11) is 0. The average molecular weight is 148 g/mol. The van der Waals surface area contributed by atoms with E-state index in [9.17, 15) is 0 Å². The van der Waals surface area contributed by atoms with Gasteiger partial charge < -0.3 is 4.74 Å². The van der Waals surface area contributed by atoms with Crippen molar-refractivity contribution in [3.8, 4) is 12.3 Å². The third-order valence-electron chi connectivity index (χ3n) is 1.56. The lowest BCUT2D eigenvalue weighted by atomic mass is 10.0. The van der Waals surface area contributed by atoms with E-state index < -0.39 is 0 Å². The van der Waals surface area contributed by atoms with E-state index in [2.05, 4.69) is 25.0 Å². The number of terminal acetylenes is 1. The summed E-state index contributed by atoms with van der Waals surface area (Å²) in [6.07, 6.45) is 12.3. The highest BCUT2D eigenvalue weighted by atomic mass is 16.5. The van der Waals surface area contributed by atoms with Crippen LogP contribution in [0.25, 0.3) is 0 Å². The second-order valence-electron chi connectivity index (χ2n) is 2.68. The average Bonchev–Trinajstić information content (AvgIpc) is 2.01. The van der Waals surface area contributed by atoms with E-state index in [0.717, 1.165) is 12.2 Å². The van der Waals surface area contributed by atoms with E-state index in [1.165, 1.54) is 0 Å². The zero-order valence-corrected chi connectivity index (χ0v) is 6.71. The Morgan fingerprint density at radius 3 is 3.27 bits per heavy atom. The van der Waals surface area contributed by atoms with Gasteiger partial charge in [0.25, 0.3) is 0 Å². The van der Waals surface area contributed by atoms with Gasteiger partial charge in [0.15, 0.2) is 0 Å². The van der Waals surface area contributed by atoms with Crippen molar-refractivity contribution in [2.24, 2.45) is 5.92 Å². The first-order valence-electron chi connectivity index (χ1n) is 3.77. The molecule has 0 heterocycles. The minimum Gasteiger partial charge on any atom is -0.481 e. The molecule has 1 unspecified atom stereocenters. The van der Waals surface area contributed by atoms with Gasteiger partial charge >= 0.3 is 0 Å². The van der Waals surface area contributed by atoms with Crippen LogP contribution in [-0.4, -0.2) is 6.61 Å². The van der Waals surface area contributed by atoms with Crippen molar-refractivity contribution in [3.63, 3.8) is 0 Å². The Morgan fingerprint density at radius 2 is 2.64 bits per heavy atom. The van der Waals surface area contributed by atoms with Crippen LogP contribution < -0.4 is 0 Å². The zero-order valence-electron chi connectivity index (χ0n) is 6.71. The summed E-state index contributed by atoms with van der Waals surface area (Å²) >= 11 is 0. The lowest BCUT2D eigenvalue weighted by Gasteiger charge is -2.11. The minimum atomic E-state index is 0.364. The fourth-order valence-corrected chi connectivity index (χ4v) is 1.02. The molecule has 0 N–H and O–H groups in total. The maximum atomic E-state index is 5.24. The van der Waals surface area contributed by atoms with Crippen LogP contribution in [0, 0.1) is 18.3 Å². The number of ether oxygens (including phenoxy) is 1. The van der Waals surface area contributed by atoms with Crippen molar-refractivity contribution in [1.29, 1.82) is 0 Å². The van der Waals surface area contributed by atoms with Crippen LogP contribution in [0.1, 0.15) is 13.3 Å². The van der Waals surface area contributed by atoms with Crippen LogP contribution in [0.4, 0.5) is 0 Å². The van der Waals surface area contributed by atoms with Gasteiger partial charge in [0.05, 0.1) is 0 Å². The first-order valence-corrected chi connectivity index (χ1v) is 3.77. The Morgan fingerprint density at radius 1 is 1.82 bits per heavy atom. The summed E-state index contributed by atoms with van der Waals surface area (Å²) in [6, 6.07) is 0. The van der Waals surface area contributed by atoms with Crippen LogP contribution in [-0.2, 0) is 4.74 Å². The van der Waals surface area contributed by atoms with Gasteiger partial charge in [0.1, 0.15) is 12.4 Å². The van der Waals surface area contributed by atoms with Crippen LogP contribution in [0.3, 0.4) is 0 Å². The molecule has 0 amide bonds. The molecule has 0 aromatic carbocycles. The molecule has 11 heavy (non-hydrogen) atoms. The van der Waals surface area contributed by atoms with Gasteiger partial charge in [-0.15, -0.1) is 6.42 Å². The Balaban J connectivity index is 2.45. The zero-order chi connectivity index (χ0) is 8.10. The van der Waals surface area contributed by atoms with Crippen LogP contribution in [0.15, 0.2) is 24.0 Å². The largest absolute Gasteiger partial charge is 0.481 e. The molecule has 1 atom stereocenters. The molecular formula is C10H12O. The van der Waals surface area contributed by atoms with Crippen molar-refractivity contribution >= 4 is 0 Å². The maximum Gasteiger partial charge on any atom is 0.148 e.